The number of aliphatic imine (C=N–C) groups is 1. The summed E-state index contributed by atoms with van der Waals surface area (Å²) in [6.45, 7) is 11.1. The molecule has 126 valence electrons. The number of rotatable bonds is 7. The summed E-state index contributed by atoms with van der Waals surface area (Å²) in [7, 11) is 0. The molecule has 0 saturated heterocycles. The highest BCUT2D eigenvalue weighted by atomic mass is 16.5. The minimum absolute atomic E-state index is 0.0468. The van der Waals surface area contributed by atoms with E-state index in [0.29, 0.717) is 24.0 Å². The second-order valence-electron chi connectivity index (χ2n) is 6.74. The fourth-order valence-corrected chi connectivity index (χ4v) is 2.45. The van der Waals surface area contributed by atoms with Crippen molar-refractivity contribution in [3.8, 4) is 0 Å². The average Bonchev–Trinajstić information content (AvgIpc) is 3.05. The molecule has 4 nitrogen and oxygen atoms in total. The van der Waals surface area contributed by atoms with Crippen LogP contribution in [0.1, 0.15) is 51.4 Å². The number of hydrogen-bond acceptors (Lipinski definition) is 3. The highest BCUT2D eigenvalue weighted by molar-refractivity contribution is 6.04. The number of ether oxygens (including phenoxy) is 1. The Hall–Kier alpha value is -1.68. The second-order valence-corrected chi connectivity index (χ2v) is 6.74. The molecule has 3 atom stereocenters. The summed E-state index contributed by atoms with van der Waals surface area (Å²) in [5, 5.41) is 3.00. The van der Waals surface area contributed by atoms with Gasteiger partial charge in [-0.1, -0.05) is 13.8 Å². The maximum atomic E-state index is 12.2. The van der Waals surface area contributed by atoms with Crippen LogP contribution in [0.15, 0.2) is 29.3 Å². The van der Waals surface area contributed by atoms with Gasteiger partial charge in [0.1, 0.15) is 0 Å². The van der Waals surface area contributed by atoms with Gasteiger partial charge in [-0.3, -0.25) is 9.79 Å². The van der Waals surface area contributed by atoms with Crippen LogP contribution in [-0.4, -0.2) is 30.4 Å². The first kappa shape index (κ1) is 17.7. The molecule has 0 radical (unpaired) electrons. The molecule has 1 saturated carbocycles. The van der Waals surface area contributed by atoms with E-state index in [9.17, 15) is 4.79 Å². The Balaban J connectivity index is 1.84. The molecular weight excluding hydrogens is 288 g/mol. The number of carbonyl (C=O) groups is 1. The topological polar surface area (TPSA) is 50.7 Å². The van der Waals surface area contributed by atoms with Gasteiger partial charge in [0.05, 0.1) is 11.8 Å². The van der Waals surface area contributed by atoms with Crippen LogP contribution in [0.25, 0.3) is 0 Å². The summed E-state index contributed by atoms with van der Waals surface area (Å²) in [4.78, 5) is 16.8. The Bertz CT molecular complexity index is 553. The molecule has 0 spiro atoms. The SMILES string of the molecule is CC(CCOC(C)C)NC(=O)c1ccc(N=C2C(C)C2C)cc1. The van der Waals surface area contributed by atoms with Crippen molar-refractivity contribution in [1.29, 1.82) is 0 Å². The average molecular weight is 316 g/mol. The first-order valence-electron chi connectivity index (χ1n) is 8.49. The van der Waals surface area contributed by atoms with Crippen molar-refractivity contribution in [2.45, 2.75) is 53.2 Å². The van der Waals surface area contributed by atoms with Gasteiger partial charge in [-0.2, -0.15) is 0 Å². The zero-order valence-electron chi connectivity index (χ0n) is 14.8. The molecule has 0 aromatic heterocycles. The van der Waals surface area contributed by atoms with E-state index in [2.05, 4.69) is 24.2 Å². The van der Waals surface area contributed by atoms with E-state index >= 15 is 0 Å². The number of amides is 1. The van der Waals surface area contributed by atoms with Crippen molar-refractivity contribution in [1.82, 2.24) is 5.32 Å². The minimum atomic E-state index is -0.0468. The van der Waals surface area contributed by atoms with Crippen molar-refractivity contribution < 1.29 is 9.53 Å². The summed E-state index contributed by atoms with van der Waals surface area (Å²) in [6.07, 6.45) is 1.04. The molecule has 3 unspecified atom stereocenters. The second kappa shape index (κ2) is 7.73. The third-order valence-electron chi connectivity index (χ3n) is 4.34. The molecule has 0 aliphatic heterocycles. The van der Waals surface area contributed by atoms with Crippen LogP contribution >= 0.6 is 0 Å². The van der Waals surface area contributed by atoms with Crippen LogP contribution in [0.2, 0.25) is 0 Å². The van der Waals surface area contributed by atoms with E-state index in [0.717, 1.165) is 12.1 Å². The summed E-state index contributed by atoms with van der Waals surface area (Å²) >= 11 is 0. The van der Waals surface area contributed by atoms with Crippen LogP contribution in [-0.2, 0) is 4.74 Å². The normalized spacial score (nSPS) is 21.2. The van der Waals surface area contributed by atoms with Gasteiger partial charge in [-0.15, -0.1) is 0 Å². The number of benzene rings is 1. The molecule has 1 N–H and O–H groups in total. The van der Waals surface area contributed by atoms with Gasteiger partial charge in [-0.05, 0) is 51.5 Å². The predicted octanol–water partition coefficient (Wildman–Crippen LogP) is 3.98. The number of nitrogens with zero attached hydrogens (tertiary/aromatic N) is 1. The van der Waals surface area contributed by atoms with Crippen molar-refractivity contribution >= 4 is 17.3 Å². The summed E-state index contributed by atoms with van der Waals surface area (Å²) < 4.78 is 5.51. The smallest absolute Gasteiger partial charge is 0.251 e. The standard InChI is InChI=1S/C19H28N2O2/c1-12(2)23-11-10-13(3)20-19(22)16-6-8-17(9-7-16)21-18-14(4)15(18)5/h6-9,12-15H,10-11H2,1-5H3,(H,20,22). The Morgan fingerprint density at radius 1 is 1.17 bits per heavy atom. The van der Waals surface area contributed by atoms with Gasteiger partial charge >= 0.3 is 0 Å². The van der Waals surface area contributed by atoms with Crippen molar-refractivity contribution in [2.24, 2.45) is 16.8 Å². The Kier molecular flexibility index (Phi) is 5.94. The van der Waals surface area contributed by atoms with E-state index < -0.39 is 0 Å². The van der Waals surface area contributed by atoms with E-state index in [4.69, 9.17) is 4.74 Å². The molecule has 1 aromatic rings. The van der Waals surface area contributed by atoms with Gasteiger partial charge < -0.3 is 10.1 Å². The molecule has 1 aromatic carbocycles. The first-order chi connectivity index (χ1) is 10.9. The molecule has 1 fully saturated rings. The number of nitrogens with one attached hydrogen (secondary N) is 1. The Labute approximate surface area is 139 Å². The van der Waals surface area contributed by atoms with Crippen LogP contribution in [0, 0.1) is 11.8 Å². The lowest BCUT2D eigenvalue weighted by atomic mass is 10.1. The lowest BCUT2D eigenvalue weighted by Crippen LogP contribution is -2.33. The van der Waals surface area contributed by atoms with E-state index in [1.165, 1.54) is 5.71 Å². The van der Waals surface area contributed by atoms with E-state index in [1.807, 2.05) is 45.0 Å². The molecular formula is C19H28N2O2. The zero-order valence-corrected chi connectivity index (χ0v) is 14.8. The summed E-state index contributed by atoms with van der Waals surface area (Å²) in [6, 6.07) is 7.58. The molecule has 1 aliphatic rings. The van der Waals surface area contributed by atoms with Crippen LogP contribution in [0.5, 0.6) is 0 Å². The molecule has 1 aliphatic carbocycles. The predicted molar refractivity (Wildman–Crippen MR) is 94.5 cm³/mol. The van der Waals surface area contributed by atoms with Crippen LogP contribution in [0.3, 0.4) is 0 Å². The van der Waals surface area contributed by atoms with E-state index in [1.54, 1.807) is 0 Å². The molecule has 0 heterocycles. The highest BCUT2D eigenvalue weighted by Gasteiger charge is 2.37. The number of carbonyl (C=O) groups excluding carboxylic acids is 1. The first-order valence-corrected chi connectivity index (χ1v) is 8.49. The van der Waals surface area contributed by atoms with Crippen molar-refractivity contribution in [3.63, 3.8) is 0 Å². The lowest BCUT2D eigenvalue weighted by Gasteiger charge is -2.15. The quantitative estimate of drug-likeness (QED) is 0.827. The van der Waals surface area contributed by atoms with Crippen LogP contribution < -0.4 is 5.32 Å². The summed E-state index contributed by atoms with van der Waals surface area (Å²) in [5.41, 5.74) is 2.84. The van der Waals surface area contributed by atoms with Gasteiger partial charge in [0.2, 0.25) is 0 Å². The van der Waals surface area contributed by atoms with Gasteiger partial charge in [0.15, 0.2) is 0 Å². The zero-order chi connectivity index (χ0) is 17.0. The minimum Gasteiger partial charge on any atom is -0.379 e. The Morgan fingerprint density at radius 3 is 2.30 bits per heavy atom. The molecule has 4 heteroatoms. The third kappa shape index (κ3) is 5.17. The van der Waals surface area contributed by atoms with Crippen molar-refractivity contribution in [3.05, 3.63) is 29.8 Å². The summed E-state index contributed by atoms with van der Waals surface area (Å²) in [5.74, 6) is 1.13. The van der Waals surface area contributed by atoms with Crippen LogP contribution in [0.4, 0.5) is 5.69 Å². The highest BCUT2D eigenvalue weighted by Crippen LogP contribution is 2.35. The molecule has 0 bridgehead atoms. The monoisotopic (exact) mass is 316 g/mol. The number of hydrogen-bond donors (Lipinski definition) is 1. The lowest BCUT2D eigenvalue weighted by molar-refractivity contribution is 0.0706. The molecule has 2 rings (SSSR count). The fourth-order valence-electron chi connectivity index (χ4n) is 2.45. The maximum absolute atomic E-state index is 12.2. The molecule has 1 amide bonds. The van der Waals surface area contributed by atoms with Gasteiger partial charge in [0.25, 0.3) is 5.91 Å². The maximum Gasteiger partial charge on any atom is 0.251 e. The van der Waals surface area contributed by atoms with E-state index in [-0.39, 0.29) is 18.1 Å². The van der Waals surface area contributed by atoms with Gasteiger partial charge in [0, 0.05) is 35.8 Å². The third-order valence-corrected chi connectivity index (χ3v) is 4.34. The molecule has 23 heavy (non-hydrogen) atoms. The van der Waals surface area contributed by atoms with Gasteiger partial charge in [-0.25, -0.2) is 0 Å². The largest absolute Gasteiger partial charge is 0.379 e. The Morgan fingerprint density at radius 2 is 1.78 bits per heavy atom. The fraction of sp³-hybridized carbons (Fsp3) is 0.579. The van der Waals surface area contributed by atoms with Crippen molar-refractivity contribution in [2.75, 3.05) is 6.61 Å².